The molecule has 1 aliphatic heterocycles. The number of aromatic nitrogens is 5. The Morgan fingerprint density at radius 1 is 1.22 bits per heavy atom. The molecule has 1 unspecified atom stereocenters. The lowest BCUT2D eigenvalue weighted by atomic mass is 9.84. The van der Waals surface area contributed by atoms with Gasteiger partial charge in [0.05, 0.1) is 31.1 Å². The van der Waals surface area contributed by atoms with Gasteiger partial charge in [0.1, 0.15) is 11.5 Å². The van der Waals surface area contributed by atoms with Gasteiger partial charge in [-0.15, -0.1) is 5.10 Å². The second-order valence-corrected chi connectivity index (χ2v) is 7.76. The van der Waals surface area contributed by atoms with E-state index in [0.29, 0.717) is 12.0 Å². The third-order valence-corrected chi connectivity index (χ3v) is 5.97. The summed E-state index contributed by atoms with van der Waals surface area (Å²) >= 11 is 0. The van der Waals surface area contributed by atoms with E-state index in [2.05, 4.69) is 28.1 Å². The van der Waals surface area contributed by atoms with Crippen LogP contribution in [0, 0.1) is 0 Å². The summed E-state index contributed by atoms with van der Waals surface area (Å²) in [5.74, 6) is 1.59. The molecular weight excluding hydrogens is 340 g/mol. The van der Waals surface area contributed by atoms with Gasteiger partial charge in [-0.3, -0.25) is 5.10 Å². The van der Waals surface area contributed by atoms with Gasteiger partial charge in [-0.25, -0.2) is 9.50 Å². The predicted octanol–water partition coefficient (Wildman–Crippen LogP) is 3.39. The van der Waals surface area contributed by atoms with Crippen molar-refractivity contribution in [3.8, 4) is 11.4 Å². The summed E-state index contributed by atoms with van der Waals surface area (Å²) in [6.07, 6.45) is 10.1. The second-order valence-electron chi connectivity index (χ2n) is 7.76. The molecule has 0 radical (unpaired) electrons. The zero-order valence-corrected chi connectivity index (χ0v) is 15.8. The van der Waals surface area contributed by atoms with Gasteiger partial charge in [0.25, 0.3) is 0 Å². The monoisotopic (exact) mass is 366 g/mol. The number of imidazole rings is 1. The summed E-state index contributed by atoms with van der Waals surface area (Å²) in [4.78, 5) is 7.13. The molecule has 142 valence electrons. The highest BCUT2D eigenvalue weighted by Gasteiger charge is 2.26. The van der Waals surface area contributed by atoms with E-state index in [9.17, 15) is 0 Å². The molecule has 7 nitrogen and oxygen atoms in total. The van der Waals surface area contributed by atoms with Gasteiger partial charge in [-0.1, -0.05) is 19.3 Å². The molecular formula is C20H26N6O. The van der Waals surface area contributed by atoms with E-state index >= 15 is 0 Å². The van der Waals surface area contributed by atoms with Gasteiger partial charge in [0.2, 0.25) is 0 Å². The first-order valence-electron chi connectivity index (χ1n) is 10.0. The molecule has 1 N–H and O–H groups in total. The highest BCUT2D eigenvalue weighted by Crippen LogP contribution is 2.37. The number of rotatable bonds is 3. The fourth-order valence-corrected chi connectivity index (χ4v) is 4.48. The SMILES string of the molecule is CC1COCCN1c1cc(C2CCCCC2)c2ncc(-c3ccn[nH]3)n2n1. The van der Waals surface area contributed by atoms with Crippen molar-refractivity contribution in [3.63, 3.8) is 0 Å². The first-order chi connectivity index (χ1) is 13.3. The number of hydrogen-bond acceptors (Lipinski definition) is 5. The van der Waals surface area contributed by atoms with E-state index in [1.54, 1.807) is 6.20 Å². The highest BCUT2D eigenvalue weighted by atomic mass is 16.5. The molecule has 4 heterocycles. The van der Waals surface area contributed by atoms with Crippen LogP contribution < -0.4 is 4.90 Å². The fraction of sp³-hybridized carbons (Fsp3) is 0.550. The average Bonchev–Trinajstić information content (AvgIpc) is 3.38. The molecule has 7 heteroatoms. The first-order valence-corrected chi connectivity index (χ1v) is 10.0. The van der Waals surface area contributed by atoms with Crippen molar-refractivity contribution in [1.82, 2.24) is 24.8 Å². The Hall–Kier alpha value is -2.41. The lowest BCUT2D eigenvalue weighted by Crippen LogP contribution is -2.44. The molecule has 1 aliphatic carbocycles. The Bertz CT molecular complexity index is 912. The summed E-state index contributed by atoms with van der Waals surface area (Å²) < 4.78 is 7.64. The Labute approximate surface area is 158 Å². The van der Waals surface area contributed by atoms with E-state index in [1.165, 1.54) is 37.7 Å². The third kappa shape index (κ3) is 3.00. The normalized spacial score (nSPS) is 21.8. The minimum absolute atomic E-state index is 0.321. The van der Waals surface area contributed by atoms with Crippen LogP contribution in [0.5, 0.6) is 0 Å². The number of nitrogens with zero attached hydrogens (tertiary/aromatic N) is 5. The van der Waals surface area contributed by atoms with Crippen LogP contribution in [0.15, 0.2) is 24.5 Å². The molecule has 0 amide bonds. The number of nitrogens with one attached hydrogen (secondary N) is 1. The number of fused-ring (bicyclic) bond motifs is 1. The van der Waals surface area contributed by atoms with Gasteiger partial charge in [0, 0.05) is 18.3 Å². The van der Waals surface area contributed by atoms with Crippen LogP contribution in [0.25, 0.3) is 17.0 Å². The number of morpholine rings is 1. The van der Waals surface area contributed by atoms with Crippen molar-refractivity contribution in [2.75, 3.05) is 24.7 Å². The van der Waals surface area contributed by atoms with Crippen LogP contribution in [0.2, 0.25) is 0 Å². The van der Waals surface area contributed by atoms with Gasteiger partial charge < -0.3 is 9.64 Å². The summed E-state index contributed by atoms with van der Waals surface area (Å²) in [6.45, 7) is 4.57. The summed E-state index contributed by atoms with van der Waals surface area (Å²) in [5.41, 5.74) is 4.22. The third-order valence-electron chi connectivity index (χ3n) is 5.97. The molecule has 2 aliphatic rings. The molecule has 5 rings (SSSR count). The molecule has 2 fully saturated rings. The van der Waals surface area contributed by atoms with Crippen molar-refractivity contribution in [2.45, 2.75) is 51.0 Å². The maximum absolute atomic E-state index is 5.63. The minimum atomic E-state index is 0.321. The Balaban J connectivity index is 1.67. The Morgan fingerprint density at radius 3 is 2.89 bits per heavy atom. The van der Waals surface area contributed by atoms with Crippen LogP contribution in [0.3, 0.4) is 0 Å². The summed E-state index contributed by atoms with van der Waals surface area (Å²) in [7, 11) is 0. The Morgan fingerprint density at radius 2 is 2.11 bits per heavy atom. The van der Waals surface area contributed by atoms with Gasteiger partial charge in [-0.2, -0.15) is 5.10 Å². The molecule has 0 spiro atoms. The fourth-order valence-electron chi connectivity index (χ4n) is 4.48. The van der Waals surface area contributed by atoms with Crippen molar-refractivity contribution in [3.05, 3.63) is 30.1 Å². The van der Waals surface area contributed by atoms with Crippen LogP contribution in [0.1, 0.15) is 50.5 Å². The number of hydrogen-bond donors (Lipinski definition) is 1. The topological polar surface area (TPSA) is 71.3 Å². The maximum atomic E-state index is 5.63. The van der Waals surface area contributed by atoms with E-state index in [0.717, 1.165) is 42.6 Å². The van der Waals surface area contributed by atoms with Crippen LogP contribution in [-0.4, -0.2) is 50.6 Å². The summed E-state index contributed by atoms with van der Waals surface area (Å²) in [5, 5.41) is 12.2. The van der Waals surface area contributed by atoms with E-state index in [-0.39, 0.29) is 0 Å². The zero-order valence-electron chi connectivity index (χ0n) is 15.8. The standard InChI is InChI=1S/C20H26N6O/c1-14-13-27-10-9-25(14)19-11-16(15-5-3-2-4-6-15)20-21-12-18(26(20)24-19)17-7-8-22-23-17/h7-8,11-12,14-15H,2-6,9-10,13H2,1H3,(H,22,23). The molecule has 1 saturated carbocycles. The molecule has 3 aromatic rings. The summed E-state index contributed by atoms with van der Waals surface area (Å²) in [6, 6.07) is 4.58. The highest BCUT2D eigenvalue weighted by molar-refractivity contribution is 5.64. The lowest BCUT2D eigenvalue weighted by molar-refractivity contribution is 0.0984. The van der Waals surface area contributed by atoms with Gasteiger partial charge >= 0.3 is 0 Å². The van der Waals surface area contributed by atoms with Crippen molar-refractivity contribution in [2.24, 2.45) is 0 Å². The minimum Gasteiger partial charge on any atom is -0.377 e. The first kappa shape index (κ1) is 16.7. The lowest BCUT2D eigenvalue weighted by Gasteiger charge is -2.35. The molecule has 3 aromatic heterocycles. The zero-order chi connectivity index (χ0) is 18.2. The van der Waals surface area contributed by atoms with Gasteiger partial charge in [0.15, 0.2) is 5.65 Å². The largest absolute Gasteiger partial charge is 0.377 e. The number of aromatic amines is 1. The number of H-pyrrole nitrogens is 1. The van der Waals surface area contributed by atoms with Crippen molar-refractivity contribution in [1.29, 1.82) is 0 Å². The van der Waals surface area contributed by atoms with Crippen LogP contribution >= 0.6 is 0 Å². The number of ether oxygens (including phenoxy) is 1. The number of anilines is 1. The quantitative estimate of drug-likeness (QED) is 0.769. The molecule has 27 heavy (non-hydrogen) atoms. The van der Waals surface area contributed by atoms with Gasteiger partial charge in [-0.05, 0) is 37.8 Å². The molecule has 0 bridgehead atoms. The van der Waals surface area contributed by atoms with Crippen molar-refractivity contribution < 1.29 is 4.74 Å². The van der Waals surface area contributed by atoms with Crippen LogP contribution in [-0.2, 0) is 4.74 Å². The van der Waals surface area contributed by atoms with E-state index in [4.69, 9.17) is 14.8 Å². The smallest absolute Gasteiger partial charge is 0.157 e. The Kier molecular flexibility index (Phi) is 4.32. The van der Waals surface area contributed by atoms with E-state index in [1.807, 2.05) is 16.8 Å². The average molecular weight is 366 g/mol. The maximum Gasteiger partial charge on any atom is 0.157 e. The predicted molar refractivity (Wildman–Crippen MR) is 104 cm³/mol. The van der Waals surface area contributed by atoms with Crippen molar-refractivity contribution >= 4 is 11.5 Å². The molecule has 1 atom stereocenters. The van der Waals surface area contributed by atoms with Crippen LogP contribution in [0.4, 0.5) is 5.82 Å². The van der Waals surface area contributed by atoms with E-state index < -0.39 is 0 Å². The molecule has 0 aromatic carbocycles. The second kappa shape index (κ2) is 6.96. The molecule has 1 saturated heterocycles.